The van der Waals surface area contributed by atoms with Crippen molar-refractivity contribution in [3.8, 4) is 0 Å². The van der Waals surface area contributed by atoms with Crippen molar-refractivity contribution in [2.45, 2.75) is 18.9 Å². The fourth-order valence-corrected chi connectivity index (χ4v) is 2.87. The lowest BCUT2D eigenvalue weighted by Crippen LogP contribution is -2.43. The monoisotopic (exact) mass is 348 g/mol. The van der Waals surface area contributed by atoms with E-state index in [0.717, 1.165) is 18.2 Å². The Hall–Kier alpha value is -2.83. The maximum absolute atomic E-state index is 13.3. The second-order valence-corrected chi connectivity index (χ2v) is 5.79. The van der Waals surface area contributed by atoms with Crippen LogP contribution in [0.15, 0.2) is 42.5 Å². The quantitative estimate of drug-likeness (QED) is 0.925. The molecule has 2 amide bonds. The van der Waals surface area contributed by atoms with Crippen LogP contribution in [0.1, 0.15) is 23.2 Å². The van der Waals surface area contributed by atoms with Crippen LogP contribution in [0.2, 0.25) is 0 Å². The van der Waals surface area contributed by atoms with Gasteiger partial charge >= 0.3 is 0 Å². The first-order chi connectivity index (χ1) is 12.0. The predicted octanol–water partition coefficient (Wildman–Crippen LogP) is 3.35. The summed E-state index contributed by atoms with van der Waals surface area (Å²) < 4.78 is 39.5. The summed E-state index contributed by atoms with van der Waals surface area (Å²) >= 11 is 0. The van der Waals surface area contributed by atoms with E-state index in [-0.39, 0.29) is 11.3 Å². The van der Waals surface area contributed by atoms with Gasteiger partial charge in [-0.2, -0.15) is 0 Å². The topological polar surface area (TPSA) is 49.4 Å². The molecule has 2 aromatic carbocycles. The Bertz CT molecular complexity index is 826. The highest BCUT2D eigenvalue weighted by Gasteiger charge is 2.34. The summed E-state index contributed by atoms with van der Waals surface area (Å²) in [5, 5.41) is 2.49. The van der Waals surface area contributed by atoms with E-state index < -0.39 is 35.3 Å². The highest BCUT2D eigenvalue weighted by molar-refractivity contribution is 6.01. The number of anilines is 1. The van der Waals surface area contributed by atoms with Gasteiger partial charge in [0.1, 0.15) is 11.9 Å². The molecule has 130 valence electrons. The van der Waals surface area contributed by atoms with Crippen LogP contribution in [-0.4, -0.2) is 29.3 Å². The molecular formula is C18H15F3N2O2. The highest BCUT2D eigenvalue weighted by atomic mass is 19.2. The minimum atomic E-state index is -1.07. The van der Waals surface area contributed by atoms with E-state index in [0.29, 0.717) is 19.4 Å². The second kappa shape index (κ2) is 6.96. The number of likely N-dealkylation sites (tertiary alicyclic amines) is 1. The fourth-order valence-electron chi connectivity index (χ4n) is 2.87. The number of nitrogens with zero attached hydrogens (tertiary/aromatic N) is 1. The van der Waals surface area contributed by atoms with E-state index in [1.807, 2.05) is 0 Å². The van der Waals surface area contributed by atoms with Crippen LogP contribution in [-0.2, 0) is 4.79 Å². The van der Waals surface area contributed by atoms with Gasteiger partial charge in [-0.1, -0.05) is 6.07 Å². The summed E-state index contributed by atoms with van der Waals surface area (Å²) in [5.74, 6) is -3.55. The average molecular weight is 348 g/mol. The number of hydrogen-bond acceptors (Lipinski definition) is 2. The summed E-state index contributed by atoms with van der Waals surface area (Å²) in [6, 6.07) is 7.53. The van der Waals surface area contributed by atoms with Crippen molar-refractivity contribution in [1.29, 1.82) is 0 Å². The lowest BCUT2D eigenvalue weighted by molar-refractivity contribution is -0.119. The largest absolute Gasteiger partial charge is 0.327 e. The Morgan fingerprint density at radius 3 is 2.56 bits per heavy atom. The molecule has 1 heterocycles. The molecular weight excluding hydrogens is 333 g/mol. The van der Waals surface area contributed by atoms with Gasteiger partial charge in [-0.05, 0) is 43.2 Å². The van der Waals surface area contributed by atoms with Crippen LogP contribution in [0.5, 0.6) is 0 Å². The van der Waals surface area contributed by atoms with E-state index in [4.69, 9.17) is 0 Å². The molecule has 1 saturated heterocycles. The Kier molecular flexibility index (Phi) is 4.74. The van der Waals surface area contributed by atoms with Crippen LogP contribution in [0.3, 0.4) is 0 Å². The highest BCUT2D eigenvalue weighted by Crippen LogP contribution is 2.22. The van der Waals surface area contributed by atoms with Crippen LogP contribution >= 0.6 is 0 Å². The van der Waals surface area contributed by atoms with Gasteiger partial charge in [-0.3, -0.25) is 9.59 Å². The van der Waals surface area contributed by atoms with E-state index in [2.05, 4.69) is 5.32 Å². The smallest absolute Gasteiger partial charge is 0.254 e. The molecule has 1 atom stereocenters. The summed E-state index contributed by atoms with van der Waals surface area (Å²) in [6.45, 7) is 0.366. The molecule has 2 aromatic rings. The van der Waals surface area contributed by atoms with Crippen LogP contribution in [0.25, 0.3) is 0 Å². The van der Waals surface area contributed by atoms with E-state index >= 15 is 0 Å². The van der Waals surface area contributed by atoms with Crippen molar-refractivity contribution in [3.05, 3.63) is 65.5 Å². The molecule has 0 aromatic heterocycles. The first-order valence-corrected chi connectivity index (χ1v) is 7.78. The average Bonchev–Trinajstić information content (AvgIpc) is 3.07. The molecule has 4 nitrogen and oxygen atoms in total. The Balaban J connectivity index is 1.75. The van der Waals surface area contributed by atoms with Crippen molar-refractivity contribution < 1.29 is 22.8 Å². The van der Waals surface area contributed by atoms with Crippen molar-refractivity contribution in [1.82, 2.24) is 4.90 Å². The molecule has 25 heavy (non-hydrogen) atoms. The number of amides is 2. The third-order valence-electron chi connectivity index (χ3n) is 4.08. The third kappa shape index (κ3) is 3.65. The molecule has 3 rings (SSSR count). The SMILES string of the molecule is O=C(Nc1ccc(F)c(F)c1)C1CCCN1C(=O)c1cccc(F)c1. The number of rotatable bonds is 3. The van der Waals surface area contributed by atoms with Crippen molar-refractivity contribution in [2.24, 2.45) is 0 Å². The molecule has 0 bridgehead atoms. The van der Waals surface area contributed by atoms with Gasteiger partial charge in [0, 0.05) is 23.9 Å². The number of carbonyl (C=O) groups excluding carboxylic acids is 2. The molecule has 1 aliphatic heterocycles. The molecule has 1 aliphatic rings. The third-order valence-corrected chi connectivity index (χ3v) is 4.08. The van der Waals surface area contributed by atoms with Gasteiger partial charge in [0.15, 0.2) is 11.6 Å². The van der Waals surface area contributed by atoms with Gasteiger partial charge in [-0.25, -0.2) is 13.2 Å². The lowest BCUT2D eigenvalue weighted by Gasteiger charge is -2.24. The van der Waals surface area contributed by atoms with Gasteiger partial charge in [0.25, 0.3) is 5.91 Å². The number of halogens is 3. The molecule has 0 saturated carbocycles. The lowest BCUT2D eigenvalue weighted by atomic mass is 10.1. The summed E-state index contributed by atoms with van der Waals surface area (Å²) in [4.78, 5) is 26.3. The van der Waals surface area contributed by atoms with Crippen molar-refractivity contribution in [3.63, 3.8) is 0 Å². The second-order valence-electron chi connectivity index (χ2n) is 5.79. The molecule has 0 spiro atoms. The van der Waals surface area contributed by atoms with E-state index in [1.165, 1.54) is 29.2 Å². The molecule has 1 fully saturated rings. The summed E-state index contributed by atoms with van der Waals surface area (Å²) in [6.07, 6.45) is 1.06. The Morgan fingerprint density at radius 2 is 1.84 bits per heavy atom. The van der Waals surface area contributed by atoms with E-state index in [9.17, 15) is 22.8 Å². The molecule has 7 heteroatoms. The minimum Gasteiger partial charge on any atom is -0.327 e. The van der Waals surface area contributed by atoms with Gasteiger partial charge in [0.2, 0.25) is 5.91 Å². The van der Waals surface area contributed by atoms with Gasteiger partial charge < -0.3 is 10.2 Å². The zero-order valence-corrected chi connectivity index (χ0v) is 13.1. The first-order valence-electron chi connectivity index (χ1n) is 7.78. The Labute approximate surface area is 142 Å². The van der Waals surface area contributed by atoms with Gasteiger partial charge in [0.05, 0.1) is 0 Å². The van der Waals surface area contributed by atoms with Crippen LogP contribution in [0, 0.1) is 17.5 Å². The first kappa shape index (κ1) is 17.0. The van der Waals surface area contributed by atoms with Crippen LogP contribution < -0.4 is 5.32 Å². The number of nitrogens with one attached hydrogen (secondary N) is 1. The molecule has 1 N–H and O–H groups in total. The fraction of sp³-hybridized carbons (Fsp3) is 0.222. The van der Waals surface area contributed by atoms with Crippen molar-refractivity contribution in [2.75, 3.05) is 11.9 Å². The number of carbonyl (C=O) groups is 2. The standard InChI is InChI=1S/C18H15F3N2O2/c19-12-4-1-3-11(9-12)18(25)23-8-2-5-16(23)17(24)22-13-6-7-14(20)15(21)10-13/h1,3-4,6-7,9-10,16H,2,5,8H2,(H,22,24). The number of benzene rings is 2. The van der Waals surface area contributed by atoms with Crippen molar-refractivity contribution >= 4 is 17.5 Å². The summed E-state index contributed by atoms with van der Waals surface area (Å²) in [7, 11) is 0. The van der Waals surface area contributed by atoms with E-state index in [1.54, 1.807) is 0 Å². The van der Waals surface area contributed by atoms with Crippen LogP contribution in [0.4, 0.5) is 18.9 Å². The maximum Gasteiger partial charge on any atom is 0.254 e. The number of hydrogen-bond donors (Lipinski definition) is 1. The predicted molar refractivity (Wildman–Crippen MR) is 85.4 cm³/mol. The molecule has 1 unspecified atom stereocenters. The maximum atomic E-state index is 13.3. The molecule has 0 radical (unpaired) electrons. The minimum absolute atomic E-state index is 0.106. The zero-order valence-electron chi connectivity index (χ0n) is 13.1. The molecule has 0 aliphatic carbocycles. The summed E-state index contributed by atoms with van der Waals surface area (Å²) in [5.41, 5.74) is 0.265. The normalized spacial score (nSPS) is 16.8. The zero-order chi connectivity index (χ0) is 18.0. The van der Waals surface area contributed by atoms with Gasteiger partial charge in [-0.15, -0.1) is 0 Å². The Morgan fingerprint density at radius 1 is 1.04 bits per heavy atom.